The van der Waals surface area contributed by atoms with Crippen LogP contribution in [0.25, 0.3) is 0 Å². The van der Waals surface area contributed by atoms with Crippen molar-refractivity contribution in [3.8, 4) is 0 Å². The molecular weight excluding hydrogens is 311 g/mol. The van der Waals surface area contributed by atoms with Crippen LogP contribution in [0.3, 0.4) is 0 Å². The molecule has 1 aromatic carbocycles. The van der Waals surface area contributed by atoms with Crippen LogP contribution in [0.15, 0.2) is 18.2 Å². The lowest BCUT2D eigenvalue weighted by molar-refractivity contribution is 0.0160. The summed E-state index contributed by atoms with van der Waals surface area (Å²) in [7, 11) is 0. The molecule has 1 aromatic rings. The monoisotopic (exact) mass is 322 g/mol. The molecule has 2 unspecified atom stereocenters. The van der Waals surface area contributed by atoms with Gasteiger partial charge in [-0.1, -0.05) is 45.2 Å². The van der Waals surface area contributed by atoms with Crippen LogP contribution in [0, 0.1) is 0 Å². The third-order valence-electron chi connectivity index (χ3n) is 2.80. The van der Waals surface area contributed by atoms with E-state index in [9.17, 15) is 0 Å². The smallest absolute Gasteiger partial charge is 0.0740 e. The number of ether oxygens (including phenoxy) is 1. The van der Waals surface area contributed by atoms with Crippen LogP contribution in [0.5, 0.6) is 0 Å². The minimum atomic E-state index is 0.197. The summed E-state index contributed by atoms with van der Waals surface area (Å²) in [6.45, 7) is 0.855. The second-order valence-corrected chi connectivity index (χ2v) is 5.78. The molecule has 16 heavy (non-hydrogen) atoms. The molecule has 1 saturated heterocycles. The first kappa shape index (κ1) is 12.7. The molecule has 1 aliphatic rings. The van der Waals surface area contributed by atoms with E-state index in [1.54, 1.807) is 0 Å². The van der Waals surface area contributed by atoms with Gasteiger partial charge in [0.1, 0.15) is 0 Å². The summed E-state index contributed by atoms with van der Waals surface area (Å²) < 4.78 is 5.74. The molecule has 0 spiro atoms. The minimum absolute atomic E-state index is 0.197. The maximum atomic E-state index is 6.00. The van der Waals surface area contributed by atoms with Gasteiger partial charge in [-0.2, -0.15) is 0 Å². The highest BCUT2D eigenvalue weighted by molar-refractivity contribution is 9.09. The number of halogens is 3. The molecule has 2 rings (SSSR count). The molecule has 0 N–H and O–H groups in total. The zero-order valence-corrected chi connectivity index (χ0v) is 11.9. The third kappa shape index (κ3) is 2.92. The number of hydrogen-bond acceptors (Lipinski definition) is 1. The van der Waals surface area contributed by atoms with Gasteiger partial charge in [-0.25, -0.2) is 0 Å². The highest BCUT2D eigenvalue weighted by Gasteiger charge is 2.23. The summed E-state index contributed by atoms with van der Waals surface area (Å²) >= 11 is 15.6. The Morgan fingerprint density at radius 1 is 1.25 bits per heavy atom. The lowest BCUT2D eigenvalue weighted by Crippen LogP contribution is -2.23. The Kier molecular flexibility index (Phi) is 4.54. The van der Waals surface area contributed by atoms with E-state index < -0.39 is 0 Å². The Morgan fingerprint density at radius 2 is 2.06 bits per heavy atom. The highest BCUT2D eigenvalue weighted by atomic mass is 79.9. The van der Waals surface area contributed by atoms with Gasteiger partial charge in [0.15, 0.2) is 0 Å². The zero-order valence-electron chi connectivity index (χ0n) is 8.76. The molecule has 0 amide bonds. The SMILES string of the molecule is Clc1ccc(C(Br)C2CCCCO2)cc1Cl. The summed E-state index contributed by atoms with van der Waals surface area (Å²) in [6.07, 6.45) is 3.73. The van der Waals surface area contributed by atoms with Crippen LogP contribution in [0.4, 0.5) is 0 Å². The van der Waals surface area contributed by atoms with E-state index in [1.165, 1.54) is 6.42 Å². The molecule has 0 bridgehead atoms. The van der Waals surface area contributed by atoms with E-state index in [4.69, 9.17) is 27.9 Å². The standard InChI is InChI=1S/C12H13BrCl2O/c13-12(11-3-1-2-6-16-11)8-4-5-9(14)10(15)7-8/h4-5,7,11-12H,1-3,6H2. The Balaban J connectivity index is 2.12. The topological polar surface area (TPSA) is 9.23 Å². The fourth-order valence-corrected chi connectivity index (χ4v) is 2.90. The highest BCUT2D eigenvalue weighted by Crippen LogP contribution is 2.35. The summed E-state index contributed by atoms with van der Waals surface area (Å²) in [6, 6.07) is 5.73. The first-order valence-corrected chi connectivity index (χ1v) is 7.06. The molecule has 0 aromatic heterocycles. The van der Waals surface area contributed by atoms with Crippen molar-refractivity contribution in [1.82, 2.24) is 0 Å². The van der Waals surface area contributed by atoms with E-state index in [-0.39, 0.29) is 10.9 Å². The van der Waals surface area contributed by atoms with Gasteiger partial charge < -0.3 is 4.74 Å². The van der Waals surface area contributed by atoms with Gasteiger partial charge in [-0.15, -0.1) is 0 Å². The molecule has 0 radical (unpaired) electrons. The molecule has 0 saturated carbocycles. The summed E-state index contributed by atoms with van der Waals surface area (Å²) in [4.78, 5) is 0.197. The predicted octanol–water partition coefficient (Wildman–Crippen LogP) is 5.00. The first-order chi connectivity index (χ1) is 7.68. The Morgan fingerprint density at radius 3 is 2.69 bits per heavy atom. The van der Waals surface area contributed by atoms with Gasteiger partial charge >= 0.3 is 0 Å². The molecule has 1 heterocycles. The number of alkyl halides is 1. The Hall–Kier alpha value is 0.240. The van der Waals surface area contributed by atoms with E-state index in [1.807, 2.05) is 18.2 Å². The van der Waals surface area contributed by atoms with Crippen molar-refractivity contribution < 1.29 is 4.74 Å². The van der Waals surface area contributed by atoms with Crippen molar-refractivity contribution in [3.63, 3.8) is 0 Å². The van der Waals surface area contributed by atoms with Gasteiger partial charge in [0.2, 0.25) is 0 Å². The fourth-order valence-electron chi connectivity index (χ4n) is 1.90. The zero-order chi connectivity index (χ0) is 11.5. The third-order valence-corrected chi connectivity index (χ3v) is 4.66. The van der Waals surface area contributed by atoms with Gasteiger partial charge in [0.25, 0.3) is 0 Å². The van der Waals surface area contributed by atoms with E-state index in [0.717, 1.165) is 25.0 Å². The van der Waals surface area contributed by atoms with Crippen molar-refractivity contribution in [3.05, 3.63) is 33.8 Å². The van der Waals surface area contributed by atoms with Crippen LogP contribution >= 0.6 is 39.1 Å². The first-order valence-electron chi connectivity index (χ1n) is 5.39. The normalized spacial score (nSPS) is 23.1. The average molecular weight is 324 g/mol. The van der Waals surface area contributed by atoms with Gasteiger partial charge in [0, 0.05) is 6.61 Å². The molecule has 88 valence electrons. The lowest BCUT2D eigenvalue weighted by atomic mass is 10.0. The number of hydrogen-bond donors (Lipinski definition) is 0. The van der Waals surface area contributed by atoms with Crippen LogP contribution < -0.4 is 0 Å². The van der Waals surface area contributed by atoms with E-state index in [2.05, 4.69) is 15.9 Å². The van der Waals surface area contributed by atoms with Crippen molar-refractivity contribution in [1.29, 1.82) is 0 Å². The van der Waals surface area contributed by atoms with Gasteiger partial charge in [-0.05, 0) is 37.0 Å². The van der Waals surface area contributed by atoms with Gasteiger partial charge in [-0.3, -0.25) is 0 Å². The second kappa shape index (κ2) is 5.72. The second-order valence-electron chi connectivity index (χ2n) is 3.98. The quantitative estimate of drug-likeness (QED) is 0.696. The summed E-state index contributed by atoms with van der Waals surface area (Å²) in [5, 5.41) is 1.19. The number of benzene rings is 1. The predicted molar refractivity (Wildman–Crippen MR) is 71.7 cm³/mol. The molecule has 2 atom stereocenters. The summed E-state index contributed by atoms with van der Waals surface area (Å²) in [5.41, 5.74) is 1.13. The van der Waals surface area contributed by atoms with Crippen molar-refractivity contribution in [2.75, 3.05) is 6.61 Å². The molecule has 4 heteroatoms. The van der Waals surface area contributed by atoms with Gasteiger partial charge in [0.05, 0.1) is 21.0 Å². The minimum Gasteiger partial charge on any atom is -0.377 e. The molecule has 1 aliphatic heterocycles. The molecular formula is C12H13BrCl2O. The summed E-state index contributed by atoms with van der Waals surface area (Å²) in [5.74, 6) is 0. The van der Waals surface area contributed by atoms with Crippen molar-refractivity contribution in [2.24, 2.45) is 0 Å². The van der Waals surface area contributed by atoms with Crippen LogP contribution in [0.2, 0.25) is 10.0 Å². The van der Waals surface area contributed by atoms with Crippen molar-refractivity contribution >= 4 is 39.1 Å². The molecule has 1 nitrogen and oxygen atoms in total. The fraction of sp³-hybridized carbons (Fsp3) is 0.500. The maximum Gasteiger partial charge on any atom is 0.0740 e. The van der Waals surface area contributed by atoms with Crippen LogP contribution in [-0.4, -0.2) is 12.7 Å². The lowest BCUT2D eigenvalue weighted by Gasteiger charge is -2.27. The van der Waals surface area contributed by atoms with Crippen LogP contribution in [0.1, 0.15) is 29.7 Å². The number of rotatable bonds is 2. The maximum absolute atomic E-state index is 6.00. The largest absolute Gasteiger partial charge is 0.377 e. The molecule has 1 fully saturated rings. The molecule has 0 aliphatic carbocycles. The Bertz CT molecular complexity index is 364. The Labute approximate surface area is 114 Å². The van der Waals surface area contributed by atoms with Crippen molar-refractivity contribution in [2.45, 2.75) is 30.2 Å². The van der Waals surface area contributed by atoms with E-state index >= 15 is 0 Å². The van der Waals surface area contributed by atoms with Crippen LogP contribution in [-0.2, 0) is 4.74 Å². The average Bonchev–Trinajstić information content (AvgIpc) is 2.33. The van der Waals surface area contributed by atoms with E-state index in [0.29, 0.717) is 10.0 Å².